The second-order valence-electron chi connectivity index (χ2n) is 9.70. The molecule has 0 aromatic rings. The number of rotatable bonds is 0. The predicted molar refractivity (Wildman–Crippen MR) is 141 cm³/mol. The minimum absolute atomic E-state index is 0.613. The van der Waals surface area contributed by atoms with Gasteiger partial charge in [0.2, 0.25) is 0 Å². The Hall–Kier alpha value is -1.59. The molecule has 1 rings (SSSR count). The molecule has 0 saturated carbocycles. The quantitative estimate of drug-likeness (QED) is 0.287. The van der Waals surface area contributed by atoms with Crippen molar-refractivity contribution >= 4 is 18.6 Å². The molecule has 0 saturated heterocycles. The molecule has 6 heteroatoms. The van der Waals surface area contributed by atoms with Crippen molar-refractivity contribution in [2.45, 2.75) is 135 Å². The summed E-state index contributed by atoms with van der Waals surface area (Å²) in [5.41, 5.74) is 0. The van der Waals surface area contributed by atoms with Gasteiger partial charge in [0.15, 0.2) is 38.3 Å². The van der Waals surface area contributed by atoms with Crippen LogP contribution >= 0.6 is 0 Å². The van der Waals surface area contributed by atoms with Crippen LogP contribution < -0.4 is 0 Å². The first-order valence-electron chi connectivity index (χ1n) is 14.0. The Kier molecular flexibility index (Phi) is 19.8. The van der Waals surface area contributed by atoms with Gasteiger partial charge in [0.25, 0.3) is 0 Å². The summed E-state index contributed by atoms with van der Waals surface area (Å²) in [4.78, 5) is 0. The molecule has 0 amide bonds. The molecule has 1 aliphatic rings. The molecule has 0 radical (unpaired) electrons. The minimum Gasteiger partial charge on any atom is -0.624 e. The molecule has 0 bridgehead atoms. The molecule has 6 nitrogen and oxygen atoms in total. The fraction of sp³-hybridized carbons (Fsp3) is 0.889. The van der Waals surface area contributed by atoms with Gasteiger partial charge < -0.3 is 15.6 Å². The smallest absolute Gasteiger partial charge is 0.153 e. The van der Waals surface area contributed by atoms with Crippen molar-refractivity contribution in [3.05, 3.63) is 15.6 Å². The molecular formula is C27H51N3O3. The SMILES string of the molecule is [O-]/[N+]1=C\CCCCCCCC/[N+]([O-])=C\CCCCCCCC/[N+]([O-])=C/CCCCCCCC1. The Morgan fingerprint density at radius 1 is 0.303 bits per heavy atom. The van der Waals surface area contributed by atoms with Crippen LogP contribution in [0.4, 0.5) is 0 Å². The third-order valence-electron chi connectivity index (χ3n) is 6.50. The van der Waals surface area contributed by atoms with Crippen LogP contribution in [-0.4, -0.2) is 52.5 Å². The zero-order valence-corrected chi connectivity index (χ0v) is 21.3. The van der Waals surface area contributed by atoms with Crippen molar-refractivity contribution < 1.29 is 14.2 Å². The van der Waals surface area contributed by atoms with E-state index in [1.807, 2.05) is 18.6 Å². The predicted octanol–water partition coefficient (Wildman–Crippen LogP) is 6.94. The molecule has 0 aliphatic carbocycles. The molecule has 33 heavy (non-hydrogen) atoms. The second kappa shape index (κ2) is 22.2. The van der Waals surface area contributed by atoms with Crippen LogP contribution in [0.1, 0.15) is 135 Å². The van der Waals surface area contributed by atoms with Gasteiger partial charge in [-0.3, -0.25) is 0 Å². The molecule has 1 heterocycles. The molecule has 1 aliphatic heterocycles. The van der Waals surface area contributed by atoms with Crippen LogP contribution in [-0.2, 0) is 0 Å². The molecule has 0 aromatic carbocycles. The van der Waals surface area contributed by atoms with Crippen molar-refractivity contribution in [2.75, 3.05) is 19.6 Å². The van der Waals surface area contributed by atoms with Crippen molar-refractivity contribution in [2.24, 2.45) is 0 Å². The summed E-state index contributed by atoms with van der Waals surface area (Å²) in [6.45, 7) is 1.84. The van der Waals surface area contributed by atoms with Crippen LogP contribution in [0.25, 0.3) is 0 Å². The zero-order valence-electron chi connectivity index (χ0n) is 21.3. The van der Waals surface area contributed by atoms with E-state index in [-0.39, 0.29) is 0 Å². The summed E-state index contributed by atoms with van der Waals surface area (Å²) in [6.07, 6.45) is 28.2. The zero-order chi connectivity index (χ0) is 23.8. The van der Waals surface area contributed by atoms with E-state index in [1.165, 1.54) is 57.8 Å². The molecular weight excluding hydrogens is 414 g/mol. The van der Waals surface area contributed by atoms with Crippen molar-refractivity contribution in [3.63, 3.8) is 0 Å². The third-order valence-corrected chi connectivity index (χ3v) is 6.50. The van der Waals surface area contributed by atoms with Crippen LogP contribution in [0.15, 0.2) is 0 Å². The Morgan fingerprint density at radius 2 is 0.515 bits per heavy atom. The summed E-state index contributed by atoms with van der Waals surface area (Å²) in [7, 11) is 0. The lowest BCUT2D eigenvalue weighted by molar-refractivity contribution is -0.454. The van der Waals surface area contributed by atoms with E-state index in [0.29, 0.717) is 19.6 Å². The largest absolute Gasteiger partial charge is 0.624 e. The lowest BCUT2D eigenvalue weighted by Gasteiger charge is -2.06. The Bertz CT molecular complexity index is 471. The summed E-state index contributed by atoms with van der Waals surface area (Å²) < 4.78 is 3.36. The Morgan fingerprint density at radius 3 is 0.788 bits per heavy atom. The first-order chi connectivity index (χ1) is 16.2. The first kappa shape index (κ1) is 29.4. The normalized spacial score (nSPS) is 27.1. The molecule has 192 valence electrons. The number of hydrogen-bond acceptors (Lipinski definition) is 3. The standard InChI is InChI=1S/C27H51N3O3/c31-28-22-16-10-4-1-5-11-17-23-29(32)25-19-13-7-3-9-15-21-27-30(33)26-20-14-8-2-6-12-18-24-28/h22,25-26H,1-21,23-24,27H2/b28-22-,29-25-,30-26+. The summed E-state index contributed by atoms with van der Waals surface area (Å²) in [6, 6.07) is 0. The van der Waals surface area contributed by atoms with Gasteiger partial charge in [-0.05, 0) is 38.5 Å². The maximum atomic E-state index is 11.9. The average molecular weight is 466 g/mol. The van der Waals surface area contributed by atoms with Gasteiger partial charge in [-0.2, -0.15) is 0 Å². The maximum absolute atomic E-state index is 11.9. The van der Waals surface area contributed by atoms with E-state index in [2.05, 4.69) is 0 Å². The van der Waals surface area contributed by atoms with Crippen LogP contribution in [0, 0.1) is 15.6 Å². The minimum atomic E-state index is 0.613. The number of hydroxylamine groups is 3. The number of hydrogen-bond donors (Lipinski definition) is 0. The van der Waals surface area contributed by atoms with E-state index in [1.54, 1.807) is 0 Å². The van der Waals surface area contributed by atoms with E-state index in [9.17, 15) is 15.6 Å². The molecule has 0 fully saturated rings. The topological polar surface area (TPSA) is 78.2 Å². The highest BCUT2D eigenvalue weighted by atomic mass is 16.5. The van der Waals surface area contributed by atoms with Gasteiger partial charge in [-0.15, -0.1) is 0 Å². The fourth-order valence-electron chi connectivity index (χ4n) is 4.34. The highest BCUT2D eigenvalue weighted by molar-refractivity contribution is 5.51. The van der Waals surface area contributed by atoms with E-state index in [4.69, 9.17) is 0 Å². The lowest BCUT2D eigenvalue weighted by Crippen LogP contribution is -2.07. The Balaban J connectivity index is 2.28. The van der Waals surface area contributed by atoms with Crippen molar-refractivity contribution in [3.8, 4) is 0 Å². The second-order valence-corrected chi connectivity index (χ2v) is 9.70. The van der Waals surface area contributed by atoms with Gasteiger partial charge in [0.05, 0.1) is 0 Å². The molecule has 0 spiro atoms. The van der Waals surface area contributed by atoms with Gasteiger partial charge in [-0.25, -0.2) is 14.2 Å². The monoisotopic (exact) mass is 465 g/mol. The summed E-state index contributed by atoms with van der Waals surface area (Å²) in [5.74, 6) is 0. The summed E-state index contributed by atoms with van der Waals surface area (Å²) in [5, 5.41) is 35.6. The van der Waals surface area contributed by atoms with Gasteiger partial charge >= 0.3 is 0 Å². The molecule has 0 unspecified atom stereocenters. The first-order valence-corrected chi connectivity index (χ1v) is 14.0. The Labute approximate surface area is 203 Å². The summed E-state index contributed by atoms with van der Waals surface area (Å²) >= 11 is 0. The number of nitrogens with zero attached hydrogens (tertiary/aromatic N) is 3. The lowest BCUT2D eigenvalue weighted by atomic mass is 10.1. The van der Waals surface area contributed by atoms with Crippen LogP contribution in [0.5, 0.6) is 0 Å². The van der Waals surface area contributed by atoms with Gasteiger partial charge in [-0.1, -0.05) is 57.8 Å². The van der Waals surface area contributed by atoms with Crippen molar-refractivity contribution in [1.82, 2.24) is 0 Å². The van der Waals surface area contributed by atoms with Crippen molar-refractivity contribution in [1.29, 1.82) is 0 Å². The highest BCUT2D eigenvalue weighted by Gasteiger charge is 2.00. The van der Waals surface area contributed by atoms with Crippen LogP contribution in [0.3, 0.4) is 0 Å². The van der Waals surface area contributed by atoms with E-state index < -0.39 is 0 Å². The highest BCUT2D eigenvalue weighted by Crippen LogP contribution is 2.09. The van der Waals surface area contributed by atoms with E-state index in [0.717, 1.165) is 91.3 Å². The van der Waals surface area contributed by atoms with Gasteiger partial charge in [0, 0.05) is 38.5 Å². The molecule has 0 atom stereocenters. The fourth-order valence-corrected chi connectivity index (χ4v) is 4.34. The molecule has 0 aromatic heterocycles. The van der Waals surface area contributed by atoms with E-state index >= 15 is 0 Å². The maximum Gasteiger partial charge on any atom is 0.153 e. The van der Waals surface area contributed by atoms with Gasteiger partial charge in [0.1, 0.15) is 0 Å². The third kappa shape index (κ3) is 20.7. The van der Waals surface area contributed by atoms with Crippen LogP contribution in [0.2, 0.25) is 0 Å². The molecule has 0 N–H and O–H groups in total. The average Bonchev–Trinajstić information content (AvgIpc) is 2.80.